The normalized spacial score (nSPS) is 13.8. The second-order valence-electron chi connectivity index (χ2n) is 9.28. The first kappa shape index (κ1) is 29.7. The smallest absolute Gasteiger partial charge is 0.128 e. The monoisotopic (exact) mass is 518 g/mol. The summed E-state index contributed by atoms with van der Waals surface area (Å²) in [5, 5.41) is 13.2. The average molecular weight is 519 g/mol. The van der Waals surface area contributed by atoms with E-state index in [0.29, 0.717) is 27.6 Å². The number of aliphatic imine (C=N–C) groups is 1. The third kappa shape index (κ3) is 7.27. The Bertz CT molecular complexity index is 1370. The first-order valence-corrected chi connectivity index (χ1v) is 12.6. The van der Waals surface area contributed by atoms with E-state index in [0.717, 1.165) is 39.2 Å². The Morgan fingerprint density at radius 2 is 1.73 bits per heavy atom. The third-order valence-electron chi connectivity index (χ3n) is 6.30. The number of nitrogens with one attached hydrogen (secondary N) is 1. The molecule has 0 amide bonds. The van der Waals surface area contributed by atoms with Gasteiger partial charge in [0.05, 0.1) is 39.8 Å². The lowest BCUT2D eigenvalue weighted by molar-refractivity contribution is 0.574. The molecular formula is C31H36ClFN4. The van der Waals surface area contributed by atoms with Crippen LogP contribution in [0.25, 0.3) is 11.3 Å². The lowest BCUT2D eigenvalue weighted by Crippen LogP contribution is -2.21. The molecule has 2 rings (SSSR count). The molecule has 0 aliphatic heterocycles. The third-order valence-corrected chi connectivity index (χ3v) is 6.78. The molecule has 0 fully saturated rings. The minimum absolute atomic E-state index is 0.377. The number of aromatic nitrogens is 1. The molecule has 1 aromatic heterocycles. The van der Waals surface area contributed by atoms with Crippen molar-refractivity contribution in [3.8, 4) is 6.07 Å². The Hall–Kier alpha value is -3.49. The summed E-state index contributed by atoms with van der Waals surface area (Å²) in [5.41, 5.74) is 8.60. The molecule has 1 N–H and O–H groups in total. The van der Waals surface area contributed by atoms with E-state index in [9.17, 15) is 9.65 Å². The first-order chi connectivity index (χ1) is 17.4. The van der Waals surface area contributed by atoms with Crippen LogP contribution in [0.3, 0.4) is 0 Å². The number of pyridine rings is 1. The van der Waals surface area contributed by atoms with Crippen molar-refractivity contribution in [3.63, 3.8) is 0 Å². The van der Waals surface area contributed by atoms with Gasteiger partial charge in [-0.25, -0.2) is 9.37 Å². The van der Waals surface area contributed by atoms with Crippen LogP contribution < -0.4 is 5.32 Å². The summed E-state index contributed by atoms with van der Waals surface area (Å²) in [5.74, 6) is -0.395. The van der Waals surface area contributed by atoms with Crippen molar-refractivity contribution < 1.29 is 4.39 Å². The summed E-state index contributed by atoms with van der Waals surface area (Å²) in [4.78, 5) is 9.67. The molecule has 0 aliphatic rings. The number of nitrogens with zero attached hydrogens (tertiary/aromatic N) is 3. The molecule has 0 radical (unpaired) electrons. The Morgan fingerprint density at radius 3 is 2.30 bits per heavy atom. The molecule has 0 bridgehead atoms. The predicted octanol–water partition coefficient (Wildman–Crippen LogP) is 8.72. The zero-order valence-corrected chi connectivity index (χ0v) is 24.0. The van der Waals surface area contributed by atoms with Crippen molar-refractivity contribution in [3.05, 3.63) is 97.8 Å². The molecule has 0 saturated heterocycles. The van der Waals surface area contributed by atoms with Gasteiger partial charge in [0.2, 0.25) is 0 Å². The van der Waals surface area contributed by atoms with Crippen LogP contribution in [-0.2, 0) is 0 Å². The van der Waals surface area contributed by atoms with Crippen LogP contribution in [0.5, 0.6) is 0 Å². The van der Waals surface area contributed by atoms with Crippen molar-refractivity contribution in [2.75, 3.05) is 0 Å². The van der Waals surface area contributed by atoms with E-state index in [4.69, 9.17) is 16.6 Å². The lowest BCUT2D eigenvalue weighted by atomic mass is 10.0. The molecule has 37 heavy (non-hydrogen) atoms. The number of benzene rings is 1. The van der Waals surface area contributed by atoms with Crippen molar-refractivity contribution in [2.24, 2.45) is 4.99 Å². The molecule has 1 aromatic carbocycles. The van der Waals surface area contributed by atoms with Crippen LogP contribution in [0, 0.1) is 31.0 Å². The Labute approximate surface area is 226 Å². The number of aryl methyl sites for hydroxylation is 2. The van der Waals surface area contributed by atoms with Crippen LogP contribution in [0.1, 0.15) is 88.1 Å². The van der Waals surface area contributed by atoms with Gasteiger partial charge in [-0.1, -0.05) is 35.4 Å². The molecule has 1 heterocycles. The maximum atomic E-state index is 14.7. The fourth-order valence-electron chi connectivity index (χ4n) is 3.66. The molecule has 1 atom stereocenters. The fourth-order valence-corrected chi connectivity index (χ4v) is 3.91. The summed E-state index contributed by atoms with van der Waals surface area (Å²) < 4.78 is 14.7. The quantitative estimate of drug-likeness (QED) is 0.280. The van der Waals surface area contributed by atoms with E-state index in [1.807, 2.05) is 80.7 Å². The molecule has 0 spiro atoms. The number of hydrogen-bond acceptors (Lipinski definition) is 4. The minimum Gasteiger partial charge on any atom is -0.375 e. The van der Waals surface area contributed by atoms with Crippen molar-refractivity contribution in [1.29, 1.82) is 5.26 Å². The van der Waals surface area contributed by atoms with Gasteiger partial charge in [-0.3, -0.25) is 4.99 Å². The van der Waals surface area contributed by atoms with Gasteiger partial charge in [0, 0.05) is 23.0 Å². The summed E-state index contributed by atoms with van der Waals surface area (Å²) in [7, 11) is 0. The Kier molecular flexibility index (Phi) is 10.6. The van der Waals surface area contributed by atoms with Gasteiger partial charge < -0.3 is 5.32 Å². The van der Waals surface area contributed by atoms with Crippen molar-refractivity contribution in [2.45, 2.75) is 68.4 Å². The highest BCUT2D eigenvalue weighted by molar-refractivity contribution is 6.35. The molecule has 4 nitrogen and oxygen atoms in total. The van der Waals surface area contributed by atoms with Crippen LogP contribution in [-0.4, -0.2) is 11.2 Å². The van der Waals surface area contributed by atoms with E-state index in [2.05, 4.69) is 22.4 Å². The molecule has 2 aromatic rings. The average Bonchev–Trinajstić information content (AvgIpc) is 2.87. The van der Waals surface area contributed by atoms with E-state index < -0.39 is 11.9 Å². The highest BCUT2D eigenvalue weighted by atomic mass is 35.5. The zero-order chi connectivity index (χ0) is 27.9. The van der Waals surface area contributed by atoms with Crippen LogP contribution in [0.15, 0.2) is 63.3 Å². The van der Waals surface area contributed by atoms with Gasteiger partial charge in [0.1, 0.15) is 5.82 Å². The van der Waals surface area contributed by atoms with Crippen LogP contribution in [0.2, 0.25) is 0 Å². The van der Waals surface area contributed by atoms with Crippen LogP contribution >= 0.6 is 11.6 Å². The number of hydrogen-bond donors (Lipinski definition) is 1. The lowest BCUT2D eigenvalue weighted by Gasteiger charge is -2.23. The SMILES string of the molecule is C/C=C(C)\C(Cl)=C(\N[C@H](C)c1cc(C#N)ccc1F)c1nc(/C(C=NC(C)=C(C)C)=C/C)c(C)cc1C. The van der Waals surface area contributed by atoms with Crippen molar-refractivity contribution >= 4 is 29.1 Å². The molecule has 6 heteroatoms. The topological polar surface area (TPSA) is 61.1 Å². The fraction of sp³-hybridized carbons (Fsp3) is 0.323. The van der Waals surface area contributed by atoms with E-state index >= 15 is 0 Å². The van der Waals surface area contributed by atoms with Gasteiger partial charge in [-0.2, -0.15) is 5.26 Å². The number of nitriles is 1. The second-order valence-corrected chi connectivity index (χ2v) is 9.66. The summed E-state index contributed by atoms with van der Waals surface area (Å²) in [6, 6.07) is 8.01. The summed E-state index contributed by atoms with van der Waals surface area (Å²) in [6.07, 6.45) is 5.73. The zero-order valence-electron chi connectivity index (χ0n) is 23.2. The van der Waals surface area contributed by atoms with Gasteiger partial charge in [-0.05, 0) is 97.2 Å². The van der Waals surface area contributed by atoms with Gasteiger partial charge in [0.15, 0.2) is 0 Å². The predicted molar refractivity (Wildman–Crippen MR) is 155 cm³/mol. The van der Waals surface area contributed by atoms with E-state index in [1.165, 1.54) is 12.1 Å². The first-order valence-electron chi connectivity index (χ1n) is 12.3. The number of rotatable bonds is 8. The Balaban J connectivity index is 2.72. The largest absolute Gasteiger partial charge is 0.375 e. The molecule has 0 unspecified atom stereocenters. The highest BCUT2D eigenvalue weighted by Crippen LogP contribution is 2.31. The molecule has 0 aliphatic carbocycles. The number of allylic oxidation sites excluding steroid dienone is 7. The van der Waals surface area contributed by atoms with E-state index in [1.54, 1.807) is 6.07 Å². The second kappa shape index (κ2) is 13.2. The molecule has 194 valence electrons. The van der Waals surface area contributed by atoms with Crippen LogP contribution in [0.4, 0.5) is 4.39 Å². The van der Waals surface area contributed by atoms with Crippen molar-refractivity contribution in [1.82, 2.24) is 10.3 Å². The maximum absolute atomic E-state index is 14.7. The highest BCUT2D eigenvalue weighted by Gasteiger charge is 2.21. The van der Waals surface area contributed by atoms with Gasteiger partial charge in [-0.15, -0.1) is 0 Å². The minimum atomic E-state index is -0.476. The summed E-state index contributed by atoms with van der Waals surface area (Å²) in [6.45, 7) is 17.7. The van der Waals surface area contributed by atoms with E-state index in [-0.39, 0.29) is 0 Å². The summed E-state index contributed by atoms with van der Waals surface area (Å²) >= 11 is 6.89. The van der Waals surface area contributed by atoms with Gasteiger partial charge >= 0.3 is 0 Å². The molecular weight excluding hydrogens is 483 g/mol. The Morgan fingerprint density at radius 1 is 1.08 bits per heavy atom. The maximum Gasteiger partial charge on any atom is 0.128 e. The standard InChI is InChI=1S/C31H36ClFN4/c1-10-19(5)28(32)31(36-23(9)26-15-24(16-34)12-13-27(26)33)30-21(7)14-20(6)29(37-30)25(11-2)17-35-22(8)18(3)4/h10-15,17,23,36H,1-9H3/b19-10-,25-11+,31-28-,35-17?/t23-/m1/s1. The van der Waals surface area contributed by atoms with Gasteiger partial charge in [0.25, 0.3) is 0 Å². The number of halogens is 2. The molecule has 0 saturated carbocycles.